The highest BCUT2D eigenvalue weighted by molar-refractivity contribution is 5.94. The Morgan fingerprint density at radius 1 is 1.17 bits per heavy atom. The van der Waals surface area contributed by atoms with Gasteiger partial charge >= 0.3 is 12.4 Å². The first-order valence-corrected chi connectivity index (χ1v) is 4.43. The van der Waals surface area contributed by atoms with Crippen LogP contribution in [0.5, 0.6) is 0 Å². The van der Waals surface area contributed by atoms with Crippen LogP contribution in [0.2, 0.25) is 0 Å². The molecule has 1 aromatic rings. The van der Waals surface area contributed by atoms with Crippen molar-refractivity contribution in [3.8, 4) is 0 Å². The van der Waals surface area contributed by atoms with Gasteiger partial charge in [0.15, 0.2) is 5.69 Å². The molecule has 1 rings (SSSR count). The van der Waals surface area contributed by atoms with E-state index in [0.717, 1.165) is 14.1 Å². The quantitative estimate of drug-likeness (QED) is 0.795. The van der Waals surface area contributed by atoms with Crippen molar-refractivity contribution in [2.24, 2.45) is 7.05 Å². The van der Waals surface area contributed by atoms with Crippen molar-refractivity contribution in [3.05, 3.63) is 17.0 Å². The Bertz CT molecular complexity index is 472. The van der Waals surface area contributed by atoms with Crippen molar-refractivity contribution >= 4 is 5.91 Å². The fourth-order valence-corrected chi connectivity index (χ4v) is 1.37. The number of carbonyl (C=O) groups excluding carboxylic acids is 1. The average Bonchev–Trinajstić information content (AvgIpc) is 2.53. The van der Waals surface area contributed by atoms with Crippen LogP contribution in [0, 0.1) is 0 Å². The number of aryl methyl sites for hydroxylation is 1. The molecule has 0 aromatic carbocycles. The van der Waals surface area contributed by atoms with Crippen LogP contribution in [-0.4, -0.2) is 22.7 Å². The lowest BCUT2D eigenvalue weighted by atomic mass is 10.1. The van der Waals surface area contributed by atoms with Gasteiger partial charge in [0, 0.05) is 14.1 Å². The van der Waals surface area contributed by atoms with Crippen LogP contribution in [0.15, 0.2) is 0 Å². The highest BCUT2D eigenvalue weighted by Crippen LogP contribution is 2.41. The number of halogens is 6. The zero-order chi connectivity index (χ0) is 14.3. The third-order valence-corrected chi connectivity index (χ3v) is 2.04. The second-order valence-corrected chi connectivity index (χ2v) is 3.27. The molecule has 1 aromatic heterocycles. The monoisotopic (exact) mass is 275 g/mol. The van der Waals surface area contributed by atoms with Gasteiger partial charge in [0.25, 0.3) is 5.91 Å². The van der Waals surface area contributed by atoms with Gasteiger partial charge in [-0.3, -0.25) is 9.48 Å². The minimum absolute atomic E-state index is 0.254. The summed E-state index contributed by atoms with van der Waals surface area (Å²) in [5.41, 5.74) is -5.40. The van der Waals surface area contributed by atoms with Crippen LogP contribution >= 0.6 is 0 Å². The SMILES string of the molecule is CNC(=O)c1c(C(F)(F)F)c(C(F)(F)F)nn1C. The number of nitrogens with one attached hydrogen (secondary N) is 1. The van der Waals surface area contributed by atoms with Crippen LogP contribution in [0.25, 0.3) is 0 Å². The molecule has 0 bridgehead atoms. The minimum atomic E-state index is -5.33. The number of hydrogen-bond acceptors (Lipinski definition) is 2. The number of nitrogens with zero attached hydrogens (tertiary/aromatic N) is 2. The lowest BCUT2D eigenvalue weighted by Gasteiger charge is -2.11. The summed E-state index contributed by atoms with van der Waals surface area (Å²) in [6.45, 7) is 0. The van der Waals surface area contributed by atoms with Crippen molar-refractivity contribution in [1.82, 2.24) is 15.1 Å². The molecular weight excluding hydrogens is 268 g/mol. The zero-order valence-electron chi connectivity index (χ0n) is 9.07. The van der Waals surface area contributed by atoms with E-state index in [1.54, 1.807) is 0 Å². The lowest BCUT2D eigenvalue weighted by Crippen LogP contribution is -2.25. The largest absolute Gasteiger partial charge is 0.435 e. The average molecular weight is 275 g/mol. The standard InChI is InChI=1S/C8H7F6N3O/c1-15-6(18)4-3(7(9,10)11)5(8(12,13)14)16-17(4)2/h1-2H3,(H,15,18). The summed E-state index contributed by atoms with van der Waals surface area (Å²) in [6, 6.07) is 0. The molecule has 1 amide bonds. The van der Waals surface area contributed by atoms with Crippen molar-refractivity contribution < 1.29 is 31.1 Å². The van der Waals surface area contributed by atoms with Crippen LogP contribution in [0.3, 0.4) is 0 Å². The summed E-state index contributed by atoms with van der Waals surface area (Å²) in [6.07, 6.45) is -10.6. The van der Waals surface area contributed by atoms with Crippen molar-refractivity contribution in [2.75, 3.05) is 7.05 Å². The highest BCUT2D eigenvalue weighted by atomic mass is 19.4. The molecule has 0 aliphatic carbocycles. The Morgan fingerprint density at radius 2 is 1.67 bits per heavy atom. The zero-order valence-corrected chi connectivity index (χ0v) is 9.07. The van der Waals surface area contributed by atoms with E-state index in [4.69, 9.17) is 0 Å². The van der Waals surface area contributed by atoms with Gasteiger partial charge in [-0.15, -0.1) is 0 Å². The maximum absolute atomic E-state index is 12.6. The molecule has 0 aliphatic heterocycles. The van der Waals surface area contributed by atoms with Gasteiger partial charge in [-0.1, -0.05) is 0 Å². The number of hydrogen-bond donors (Lipinski definition) is 1. The molecule has 0 atom stereocenters. The van der Waals surface area contributed by atoms with E-state index >= 15 is 0 Å². The number of amides is 1. The van der Waals surface area contributed by atoms with Crippen molar-refractivity contribution in [3.63, 3.8) is 0 Å². The molecule has 0 radical (unpaired) electrons. The van der Waals surface area contributed by atoms with E-state index < -0.39 is 35.2 Å². The normalized spacial score (nSPS) is 12.7. The fraction of sp³-hybridized carbons (Fsp3) is 0.500. The van der Waals surface area contributed by atoms with E-state index in [-0.39, 0.29) is 4.68 Å². The maximum Gasteiger partial charge on any atom is 0.435 e. The molecule has 0 unspecified atom stereocenters. The number of carbonyl (C=O) groups is 1. The Morgan fingerprint density at radius 3 is 2.00 bits per heavy atom. The maximum atomic E-state index is 12.6. The minimum Gasteiger partial charge on any atom is -0.354 e. The molecule has 18 heavy (non-hydrogen) atoms. The Balaban J connectivity index is 3.64. The van der Waals surface area contributed by atoms with Gasteiger partial charge in [-0.2, -0.15) is 31.4 Å². The molecule has 102 valence electrons. The summed E-state index contributed by atoms with van der Waals surface area (Å²) < 4.78 is 75.4. The lowest BCUT2D eigenvalue weighted by molar-refractivity contribution is -0.164. The first-order valence-electron chi connectivity index (χ1n) is 4.43. The van der Waals surface area contributed by atoms with E-state index in [2.05, 4.69) is 5.10 Å². The smallest absolute Gasteiger partial charge is 0.354 e. The molecule has 0 fully saturated rings. The van der Waals surface area contributed by atoms with Crippen LogP contribution in [0.4, 0.5) is 26.3 Å². The van der Waals surface area contributed by atoms with Crippen LogP contribution < -0.4 is 5.32 Å². The molecule has 4 nitrogen and oxygen atoms in total. The van der Waals surface area contributed by atoms with Crippen molar-refractivity contribution in [1.29, 1.82) is 0 Å². The van der Waals surface area contributed by atoms with Gasteiger partial charge in [-0.25, -0.2) is 0 Å². The molecule has 0 saturated heterocycles. The molecule has 1 N–H and O–H groups in total. The van der Waals surface area contributed by atoms with E-state index in [1.807, 2.05) is 5.32 Å². The molecule has 0 aliphatic rings. The van der Waals surface area contributed by atoms with Gasteiger partial charge in [-0.05, 0) is 0 Å². The van der Waals surface area contributed by atoms with Crippen LogP contribution in [0.1, 0.15) is 21.7 Å². The first kappa shape index (κ1) is 14.3. The number of rotatable bonds is 1. The number of alkyl halides is 6. The summed E-state index contributed by atoms with van der Waals surface area (Å²) in [4.78, 5) is 11.2. The van der Waals surface area contributed by atoms with Gasteiger partial charge in [0.05, 0.1) is 0 Å². The van der Waals surface area contributed by atoms with Gasteiger partial charge in [0.1, 0.15) is 11.3 Å². The second-order valence-electron chi connectivity index (χ2n) is 3.27. The van der Waals surface area contributed by atoms with E-state index in [1.165, 1.54) is 0 Å². The summed E-state index contributed by atoms with van der Waals surface area (Å²) >= 11 is 0. The second kappa shape index (κ2) is 4.18. The number of aromatic nitrogens is 2. The van der Waals surface area contributed by atoms with Gasteiger partial charge < -0.3 is 5.32 Å². The predicted molar refractivity (Wildman–Crippen MR) is 46.6 cm³/mol. The summed E-state index contributed by atoms with van der Waals surface area (Å²) in [5.74, 6) is -1.30. The molecule has 0 saturated carbocycles. The van der Waals surface area contributed by atoms with E-state index in [0.29, 0.717) is 0 Å². The third-order valence-electron chi connectivity index (χ3n) is 2.04. The van der Waals surface area contributed by atoms with E-state index in [9.17, 15) is 31.1 Å². The Labute approximate surface area is 96.6 Å². The van der Waals surface area contributed by atoms with Crippen LogP contribution in [-0.2, 0) is 19.4 Å². The summed E-state index contributed by atoms with van der Waals surface area (Å²) in [5, 5.41) is 4.56. The molecule has 1 heterocycles. The van der Waals surface area contributed by atoms with Crippen molar-refractivity contribution in [2.45, 2.75) is 12.4 Å². The Kier molecular flexibility index (Phi) is 3.32. The molecular formula is C8H7F6N3O. The Hall–Kier alpha value is -1.74. The molecule has 10 heteroatoms. The fourth-order valence-electron chi connectivity index (χ4n) is 1.37. The third kappa shape index (κ3) is 2.41. The highest BCUT2D eigenvalue weighted by Gasteiger charge is 2.49. The molecule has 0 spiro atoms. The predicted octanol–water partition coefficient (Wildman–Crippen LogP) is 1.82. The summed E-state index contributed by atoms with van der Waals surface area (Å²) in [7, 11) is 1.83. The first-order chi connectivity index (χ1) is 8.00. The van der Waals surface area contributed by atoms with Gasteiger partial charge in [0.2, 0.25) is 0 Å². The topological polar surface area (TPSA) is 46.9 Å².